The number of rotatable bonds is 5. The Labute approximate surface area is 150 Å². The first-order chi connectivity index (χ1) is 11.9. The molecule has 1 heterocycles. The first-order valence-electron chi connectivity index (χ1n) is 7.63. The first-order valence-corrected chi connectivity index (χ1v) is 8.61. The van der Waals surface area contributed by atoms with Gasteiger partial charge in [-0.05, 0) is 29.7 Å². The molecular weight excluding hydrogens is 334 g/mol. The Morgan fingerprint density at radius 2 is 1.88 bits per heavy atom. The van der Waals surface area contributed by atoms with Gasteiger partial charge in [-0.3, -0.25) is 10.5 Å². The lowest BCUT2D eigenvalue weighted by Crippen LogP contribution is -2.19. The van der Waals surface area contributed by atoms with E-state index in [1.807, 2.05) is 36.4 Å². The van der Waals surface area contributed by atoms with E-state index in [-0.39, 0.29) is 28.6 Å². The summed E-state index contributed by atoms with van der Waals surface area (Å²) in [5, 5.41) is 21.4. The van der Waals surface area contributed by atoms with Crippen molar-refractivity contribution in [1.82, 2.24) is 0 Å². The summed E-state index contributed by atoms with van der Waals surface area (Å²) in [6, 6.07) is 13.0. The monoisotopic (exact) mass is 352 g/mol. The van der Waals surface area contributed by atoms with E-state index in [0.717, 1.165) is 17.4 Å². The maximum Gasteiger partial charge on any atom is 0.289 e. The van der Waals surface area contributed by atoms with Crippen LogP contribution in [0.2, 0.25) is 0 Å². The van der Waals surface area contributed by atoms with Crippen LogP contribution < -0.4 is 16.0 Å². The Hall–Kier alpha value is -3.03. The molecule has 1 amide bonds. The zero-order valence-electron chi connectivity index (χ0n) is 14.0. The van der Waals surface area contributed by atoms with E-state index >= 15 is 0 Å². The molecule has 0 unspecified atom stereocenters. The van der Waals surface area contributed by atoms with Crippen LogP contribution in [0.15, 0.2) is 35.4 Å². The van der Waals surface area contributed by atoms with Crippen LogP contribution in [0, 0.1) is 22.7 Å². The summed E-state index contributed by atoms with van der Waals surface area (Å²) in [4.78, 5) is 14.9. The van der Waals surface area contributed by atoms with Crippen molar-refractivity contribution in [3.63, 3.8) is 0 Å². The number of hydrogen-bond donors (Lipinski definition) is 2. The van der Waals surface area contributed by atoms with Crippen LogP contribution in [0.25, 0.3) is 0 Å². The van der Waals surface area contributed by atoms with E-state index in [4.69, 9.17) is 16.3 Å². The summed E-state index contributed by atoms with van der Waals surface area (Å²) in [5.74, 6) is 0.529. The van der Waals surface area contributed by atoms with Gasteiger partial charge in [-0.15, -0.1) is 0 Å². The van der Waals surface area contributed by atoms with Crippen LogP contribution in [0.4, 0.5) is 11.5 Å². The van der Waals surface area contributed by atoms with Crippen molar-refractivity contribution < 1.29 is 9.78 Å². The summed E-state index contributed by atoms with van der Waals surface area (Å²) in [7, 11) is 0. The predicted molar refractivity (Wildman–Crippen MR) is 96.7 cm³/mol. The minimum atomic E-state index is -0.192. The van der Waals surface area contributed by atoms with Crippen molar-refractivity contribution in [2.45, 2.75) is 24.8 Å². The third-order valence-electron chi connectivity index (χ3n) is 3.52. The number of carbonyl (C=O) groups is 1. The Morgan fingerprint density at radius 3 is 2.44 bits per heavy atom. The van der Waals surface area contributed by atoms with Gasteiger partial charge in [0.05, 0.1) is 5.75 Å². The van der Waals surface area contributed by atoms with Crippen LogP contribution in [0.3, 0.4) is 0 Å². The number of amides is 1. The maximum atomic E-state index is 12.1. The van der Waals surface area contributed by atoms with Crippen molar-refractivity contribution in [1.29, 1.82) is 10.5 Å². The molecule has 0 spiro atoms. The van der Waals surface area contributed by atoms with Crippen LogP contribution in [0.5, 0.6) is 0 Å². The number of nitrogens with two attached hydrogens (primary N) is 1. The molecule has 0 radical (unpaired) electrons. The summed E-state index contributed by atoms with van der Waals surface area (Å²) < 4.78 is 0. The van der Waals surface area contributed by atoms with Gasteiger partial charge < -0.3 is 5.32 Å². The number of pyridine rings is 1. The third kappa shape index (κ3) is 4.72. The van der Waals surface area contributed by atoms with E-state index in [9.17, 15) is 4.79 Å². The number of H-pyrrole nitrogens is 1. The fourth-order valence-electron chi connectivity index (χ4n) is 2.12. The van der Waals surface area contributed by atoms with Crippen LogP contribution in [-0.2, 0) is 4.79 Å². The first kappa shape index (κ1) is 18.3. The Balaban J connectivity index is 2.02. The van der Waals surface area contributed by atoms with Gasteiger partial charge in [0.1, 0.15) is 23.3 Å². The average molecular weight is 352 g/mol. The molecule has 0 bridgehead atoms. The number of hydrogen-bond acceptors (Lipinski definition) is 5. The molecule has 0 saturated heterocycles. The van der Waals surface area contributed by atoms with Crippen LogP contribution >= 0.6 is 11.8 Å². The number of thioether (sulfide) groups is 1. The van der Waals surface area contributed by atoms with Crippen LogP contribution in [-0.4, -0.2) is 11.7 Å². The topological polar surface area (TPSA) is 117 Å². The minimum absolute atomic E-state index is 0.114. The molecule has 25 heavy (non-hydrogen) atoms. The lowest BCUT2D eigenvalue weighted by atomic mass is 10.0. The van der Waals surface area contributed by atoms with Gasteiger partial charge >= 0.3 is 0 Å². The Kier molecular flexibility index (Phi) is 5.99. The lowest BCUT2D eigenvalue weighted by molar-refractivity contribution is -0.410. The van der Waals surface area contributed by atoms with Gasteiger partial charge in [-0.1, -0.05) is 37.7 Å². The highest BCUT2D eigenvalue weighted by Crippen LogP contribution is 2.21. The molecule has 0 saturated carbocycles. The molecule has 0 fully saturated rings. The number of nitrogens with zero attached hydrogens (tertiary/aromatic N) is 2. The van der Waals surface area contributed by atoms with Gasteiger partial charge in [0, 0.05) is 5.69 Å². The van der Waals surface area contributed by atoms with Gasteiger partial charge in [-0.25, -0.2) is 4.98 Å². The molecule has 0 aliphatic carbocycles. The average Bonchev–Trinajstić information content (AvgIpc) is 2.60. The number of anilines is 2. The highest BCUT2D eigenvalue weighted by molar-refractivity contribution is 7.99. The second kappa shape index (κ2) is 8.18. The maximum absolute atomic E-state index is 12.1. The summed E-state index contributed by atoms with van der Waals surface area (Å²) >= 11 is 1.16. The fraction of sp³-hybridized carbons (Fsp3) is 0.222. The molecule has 2 aromatic rings. The molecule has 0 aliphatic rings. The number of carbonyl (C=O) groups excluding carboxylic acids is 1. The molecule has 1 aromatic heterocycles. The van der Waals surface area contributed by atoms with E-state index < -0.39 is 0 Å². The molecule has 6 nitrogen and oxygen atoms in total. The van der Waals surface area contributed by atoms with Gasteiger partial charge in [0.2, 0.25) is 5.91 Å². The zero-order chi connectivity index (χ0) is 18.4. The molecule has 2 rings (SSSR count). The van der Waals surface area contributed by atoms with Gasteiger partial charge in [0.25, 0.3) is 5.82 Å². The van der Waals surface area contributed by atoms with E-state index in [2.05, 4.69) is 24.1 Å². The number of aromatic amines is 1. The van der Waals surface area contributed by atoms with Gasteiger partial charge in [-0.2, -0.15) is 10.5 Å². The summed E-state index contributed by atoms with van der Waals surface area (Å²) in [5.41, 5.74) is 8.13. The molecule has 4 N–H and O–H groups in total. The highest BCUT2D eigenvalue weighted by Gasteiger charge is 2.16. The molecule has 0 atom stereocenters. The number of nitriles is 2. The fourth-order valence-corrected chi connectivity index (χ4v) is 2.91. The molecule has 0 aliphatic heterocycles. The van der Waals surface area contributed by atoms with Crippen molar-refractivity contribution in [2.24, 2.45) is 0 Å². The minimum Gasteiger partial charge on any atom is -0.325 e. The number of nitrogens with one attached hydrogen (secondary N) is 2. The lowest BCUT2D eigenvalue weighted by Gasteiger charge is -2.08. The van der Waals surface area contributed by atoms with Crippen molar-refractivity contribution >= 4 is 29.2 Å². The quantitative estimate of drug-likeness (QED) is 0.802. The summed E-state index contributed by atoms with van der Waals surface area (Å²) in [6.45, 7) is 4.22. The second-order valence-corrected chi connectivity index (χ2v) is 6.66. The normalized spacial score (nSPS) is 10.1. The zero-order valence-corrected chi connectivity index (χ0v) is 14.8. The standard InChI is InChI=1S/C18H17N5OS/c1-11(2)12-3-5-15(6-4-12)22-16(24)10-25-18-14(9-20)7-13(8-19)17(21)23-18/h3-7,11H,10H2,1-2H3,(H2,21,23)(H,22,24)/p+1. The molecule has 1 aromatic carbocycles. The smallest absolute Gasteiger partial charge is 0.289 e. The Bertz CT molecular complexity index is 863. The number of nitrogen functional groups attached to an aromatic ring is 1. The van der Waals surface area contributed by atoms with Crippen molar-refractivity contribution in [3.05, 3.63) is 47.0 Å². The van der Waals surface area contributed by atoms with Crippen LogP contribution in [0.1, 0.15) is 36.5 Å². The third-order valence-corrected chi connectivity index (χ3v) is 4.54. The van der Waals surface area contributed by atoms with E-state index in [0.29, 0.717) is 10.9 Å². The second-order valence-electron chi connectivity index (χ2n) is 5.68. The molecule has 7 heteroatoms. The highest BCUT2D eigenvalue weighted by atomic mass is 32.2. The number of benzene rings is 1. The van der Waals surface area contributed by atoms with E-state index in [1.54, 1.807) is 0 Å². The predicted octanol–water partition coefficient (Wildman–Crippen LogP) is 2.68. The molecule has 126 valence electrons. The number of aromatic nitrogens is 1. The Morgan fingerprint density at radius 1 is 1.24 bits per heavy atom. The van der Waals surface area contributed by atoms with E-state index in [1.165, 1.54) is 11.6 Å². The van der Waals surface area contributed by atoms with Crippen molar-refractivity contribution in [3.8, 4) is 12.1 Å². The molecular formula is C18H18N5OS+. The SMILES string of the molecule is CC(C)c1ccc(NC(=O)CSc2[nH+]c(N)c(C#N)cc2C#N)cc1. The van der Waals surface area contributed by atoms with Crippen molar-refractivity contribution in [2.75, 3.05) is 16.8 Å². The van der Waals surface area contributed by atoms with Gasteiger partial charge in [0.15, 0.2) is 5.03 Å². The summed E-state index contributed by atoms with van der Waals surface area (Å²) in [6.07, 6.45) is 0. The largest absolute Gasteiger partial charge is 0.325 e.